The standard InChI is InChI=1S/C16H15NO6S/c1-2-23-16(20)17(13-8-4-3-5-9-13)24(21,22)14-10-6-7-12(11-14)15(18)19/h3-11H,2H2,1H3,(H,18,19). The fraction of sp³-hybridized carbons (Fsp3) is 0.125. The molecule has 0 fully saturated rings. The highest BCUT2D eigenvalue weighted by Gasteiger charge is 2.32. The van der Waals surface area contributed by atoms with Crippen LogP contribution >= 0.6 is 0 Å². The van der Waals surface area contributed by atoms with E-state index in [0.29, 0.717) is 4.31 Å². The van der Waals surface area contributed by atoms with Crippen LogP contribution in [0.4, 0.5) is 10.5 Å². The van der Waals surface area contributed by atoms with Gasteiger partial charge in [-0.05, 0) is 37.3 Å². The van der Waals surface area contributed by atoms with Crippen LogP contribution in [0.15, 0.2) is 59.5 Å². The second-order valence-corrected chi connectivity index (χ2v) is 6.42. The molecule has 0 saturated heterocycles. The van der Waals surface area contributed by atoms with E-state index >= 15 is 0 Å². The predicted octanol–water partition coefficient (Wildman–Crippen LogP) is 2.74. The van der Waals surface area contributed by atoms with Crippen molar-refractivity contribution < 1.29 is 27.9 Å². The van der Waals surface area contributed by atoms with Crippen LogP contribution < -0.4 is 4.31 Å². The Morgan fingerprint density at radius 2 is 1.75 bits per heavy atom. The van der Waals surface area contributed by atoms with Crippen molar-refractivity contribution in [1.82, 2.24) is 0 Å². The Kier molecular flexibility index (Phi) is 5.20. The molecule has 0 heterocycles. The Balaban J connectivity index is 2.58. The van der Waals surface area contributed by atoms with Crippen molar-refractivity contribution in [1.29, 1.82) is 0 Å². The van der Waals surface area contributed by atoms with Gasteiger partial charge in [-0.2, -0.15) is 4.31 Å². The Hall–Kier alpha value is -2.87. The molecule has 0 bridgehead atoms. The molecule has 1 N–H and O–H groups in total. The van der Waals surface area contributed by atoms with Gasteiger partial charge in [-0.1, -0.05) is 24.3 Å². The van der Waals surface area contributed by atoms with Gasteiger partial charge in [0.2, 0.25) is 0 Å². The minimum Gasteiger partial charge on any atom is -0.478 e. The van der Waals surface area contributed by atoms with Crippen molar-refractivity contribution in [3.63, 3.8) is 0 Å². The van der Waals surface area contributed by atoms with Gasteiger partial charge in [0.05, 0.1) is 22.8 Å². The number of ether oxygens (including phenoxy) is 1. The molecule has 8 heteroatoms. The van der Waals surface area contributed by atoms with Gasteiger partial charge < -0.3 is 9.84 Å². The molecule has 0 aliphatic rings. The van der Waals surface area contributed by atoms with Crippen LogP contribution in [-0.2, 0) is 14.8 Å². The van der Waals surface area contributed by atoms with E-state index in [-0.39, 0.29) is 22.8 Å². The highest BCUT2D eigenvalue weighted by Crippen LogP contribution is 2.25. The minimum atomic E-state index is -4.34. The number of sulfonamides is 1. The van der Waals surface area contributed by atoms with Crippen molar-refractivity contribution in [2.24, 2.45) is 0 Å². The van der Waals surface area contributed by atoms with Crippen LogP contribution in [-0.4, -0.2) is 32.2 Å². The van der Waals surface area contributed by atoms with E-state index in [1.165, 1.54) is 30.3 Å². The van der Waals surface area contributed by atoms with Gasteiger partial charge >= 0.3 is 12.1 Å². The van der Waals surface area contributed by atoms with Crippen LogP contribution in [0.3, 0.4) is 0 Å². The molecule has 0 aliphatic carbocycles. The molecule has 0 saturated carbocycles. The van der Waals surface area contributed by atoms with Gasteiger partial charge in [0.15, 0.2) is 0 Å². The number of amides is 1. The number of para-hydroxylation sites is 1. The molecule has 0 radical (unpaired) electrons. The monoisotopic (exact) mass is 349 g/mol. The van der Waals surface area contributed by atoms with E-state index in [0.717, 1.165) is 6.07 Å². The zero-order valence-corrected chi connectivity index (χ0v) is 13.6. The first-order valence-electron chi connectivity index (χ1n) is 6.98. The lowest BCUT2D eigenvalue weighted by molar-refractivity contribution is 0.0696. The summed E-state index contributed by atoms with van der Waals surface area (Å²) in [5.41, 5.74) is -0.107. The number of aromatic carboxylic acids is 1. The third kappa shape index (κ3) is 3.54. The molecule has 7 nitrogen and oxygen atoms in total. The first-order valence-corrected chi connectivity index (χ1v) is 8.42. The third-order valence-corrected chi connectivity index (χ3v) is 4.73. The zero-order chi connectivity index (χ0) is 17.7. The van der Waals surface area contributed by atoms with E-state index < -0.39 is 22.1 Å². The number of benzene rings is 2. The summed E-state index contributed by atoms with van der Waals surface area (Å²) >= 11 is 0. The van der Waals surface area contributed by atoms with Crippen molar-refractivity contribution in [3.05, 3.63) is 60.2 Å². The van der Waals surface area contributed by atoms with Crippen LogP contribution in [0.25, 0.3) is 0 Å². The Morgan fingerprint density at radius 1 is 1.08 bits per heavy atom. The molecule has 0 atom stereocenters. The summed E-state index contributed by atoms with van der Waals surface area (Å²) in [6.45, 7) is 1.55. The average molecular weight is 349 g/mol. The summed E-state index contributed by atoms with van der Waals surface area (Å²) < 4.78 is 31.1. The summed E-state index contributed by atoms with van der Waals surface area (Å²) in [5.74, 6) is -1.27. The first-order chi connectivity index (χ1) is 11.4. The van der Waals surface area contributed by atoms with Crippen molar-refractivity contribution >= 4 is 27.8 Å². The number of hydrogen-bond acceptors (Lipinski definition) is 5. The number of anilines is 1. The molecule has 2 aromatic carbocycles. The van der Waals surface area contributed by atoms with Crippen molar-refractivity contribution in [3.8, 4) is 0 Å². The van der Waals surface area contributed by atoms with E-state index in [2.05, 4.69) is 0 Å². The van der Waals surface area contributed by atoms with Crippen LogP contribution in [0, 0.1) is 0 Å². The number of rotatable bonds is 5. The Morgan fingerprint density at radius 3 is 2.33 bits per heavy atom. The maximum absolute atomic E-state index is 12.9. The fourth-order valence-electron chi connectivity index (χ4n) is 1.98. The van der Waals surface area contributed by atoms with Crippen LogP contribution in [0.1, 0.15) is 17.3 Å². The summed E-state index contributed by atoms with van der Waals surface area (Å²) in [6, 6.07) is 12.5. The number of carboxylic acid groups (broad SMARTS) is 1. The van der Waals surface area contributed by atoms with Gasteiger partial charge in [0, 0.05) is 0 Å². The lowest BCUT2D eigenvalue weighted by Gasteiger charge is -2.21. The average Bonchev–Trinajstić information content (AvgIpc) is 2.56. The van der Waals surface area contributed by atoms with Gasteiger partial charge in [0.25, 0.3) is 10.0 Å². The fourth-order valence-corrected chi connectivity index (χ4v) is 3.37. The van der Waals surface area contributed by atoms with Crippen LogP contribution in [0.5, 0.6) is 0 Å². The maximum atomic E-state index is 12.9. The van der Waals surface area contributed by atoms with Gasteiger partial charge in [0.1, 0.15) is 0 Å². The molecule has 1 amide bonds. The quantitative estimate of drug-likeness (QED) is 0.891. The van der Waals surface area contributed by atoms with Crippen LogP contribution in [0.2, 0.25) is 0 Å². The molecule has 0 spiro atoms. The summed E-state index contributed by atoms with van der Waals surface area (Å²) in [7, 11) is -4.34. The van der Waals surface area contributed by atoms with Gasteiger partial charge in [-0.25, -0.2) is 18.0 Å². The highest BCUT2D eigenvalue weighted by molar-refractivity contribution is 7.93. The van der Waals surface area contributed by atoms with E-state index in [1.54, 1.807) is 25.1 Å². The number of nitrogens with zero attached hydrogens (tertiary/aromatic N) is 1. The van der Waals surface area contributed by atoms with Crippen molar-refractivity contribution in [2.75, 3.05) is 10.9 Å². The Labute approximate surface area is 139 Å². The molecule has 0 unspecified atom stereocenters. The van der Waals surface area contributed by atoms with Gasteiger partial charge in [-0.15, -0.1) is 0 Å². The lowest BCUT2D eigenvalue weighted by atomic mass is 10.2. The molecular weight excluding hydrogens is 334 g/mol. The summed E-state index contributed by atoms with van der Waals surface area (Å²) in [5, 5.41) is 9.02. The van der Waals surface area contributed by atoms with E-state index in [1.807, 2.05) is 0 Å². The number of hydrogen-bond donors (Lipinski definition) is 1. The Bertz CT molecular complexity index is 848. The maximum Gasteiger partial charge on any atom is 0.428 e. The number of carbonyl (C=O) groups excluding carboxylic acids is 1. The normalized spacial score (nSPS) is 10.9. The topological polar surface area (TPSA) is 101 Å². The molecule has 2 aromatic rings. The summed E-state index contributed by atoms with van der Waals surface area (Å²) in [6.07, 6.45) is -1.07. The first kappa shape index (κ1) is 17.5. The highest BCUT2D eigenvalue weighted by atomic mass is 32.2. The van der Waals surface area contributed by atoms with E-state index in [9.17, 15) is 18.0 Å². The van der Waals surface area contributed by atoms with Crippen molar-refractivity contribution in [2.45, 2.75) is 11.8 Å². The zero-order valence-electron chi connectivity index (χ0n) is 12.7. The van der Waals surface area contributed by atoms with E-state index in [4.69, 9.17) is 9.84 Å². The molecular formula is C16H15NO6S. The summed E-state index contributed by atoms with van der Waals surface area (Å²) in [4.78, 5) is 22.9. The second-order valence-electron chi connectivity index (χ2n) is 4.64. The minimum absolute atomic E-state index is 0.00709. The molecule has 2 rings (SSSR count). The molecule has 0 aromatic heterocycles. The molecule has 24 heavy (non-hydrogen) atoms. The largest absolute Gasteiger partial charge is 0.478 e. The SMILES string of the molecule is CCOC(=O)N(c1ccccc1)S(=O)(=O)c1cccc(C(=O)O)c1. The number of carboxylic acids is 1. The predicted molar refractivity (Wildman–Crippen MR) is 86.5 cm³/mol. The number of carbonyl (C=O) groups is 2. The molecule has 0 aliphatic heterocycles. The smallest absolute Gasteiger partial charge is 0.428 e. The lowest BCUT2D eigenvalue weighted by Crippen LogP contribution is -2.37. The van der Waals surface area contributed by atoms with Gasteiger partial charge in [-0.3, -0.25) is 0 Å². The molecule has 126 valence electrons. The second kappa shape index (κ2) is 7.14. The third-order valence-electron chi connectivity index (χ3n) is 3.04.